The van der Waals surface area contributed by atoms with E-state index in [2.05, 4.69) is 5.32 Å². The zero-order valence-corrected chi connectivity index (χ0v) is 8.10. The third-order valence-corrected chi connectivity index (χ3v) is 2.10. The monoisotopic (exact) mass is 183 g/mol. The molecule has 0 unspecified atom stereocenters. The molecule has 1 atom stereocenters. The Hall–Kier alpha value is -1.09. The van der Waals surface area contributed by atoms with Crippen molar-refractivity contribution >= 4 is 0 Å². The molecule has 0 fully saturated rings. The van der Waals surface area contributed by atoms with Crippen LogP contribution in [0, 0.1) is 5.82 Å². The Morgan fingerprint density at radius 1 is 1.46 bits per heavy atom. The lowest BCUT2D eigenvalue weighted by Gasteiger charge is -2.15. The molecule has 0 bridgehead atoms. The van der Waals surface area contributed by atoms with Crippen LogP contribution in [0.3, 0.4) is 0 Å². The lowest BCUT2D eigenvalue weighted by molar-refractivity contribution is 0.396. The Balaban J connectivity index is 3.14. The first-order chi connectivity index (χ1) is 6.20. The first-order valence-corrected chi connectivity index (χ1v) is 4.20. The molecular weight excluding hydrogens is 169 g/mol. The van der Waals surface area contributed by atoms with E-state index < -0.39 is 0 Å². The molecule has 0 saturated heterocycles. The van der Waals surface area contributed by atoms with Crippen LogP contribution in [0.4, 0.5) is 4.39 Å². The molecule has 0 saturated carbocycles. The first kappa shape index (κ1) is 9.99. The van der Waals surface area contributed by atoms with Crippen molar-refractivity contribution in [2.45, 2.75) is 13.0 Å². The predicted octanol–water partition coefficient (Wildman–Crippen LogP) is 2.11. The Kier molecular flexibility index (Phi) is 3.25. The average Bonchev–Trinajstić information content (AvgIpc) is 2.16. The van der Waals surface area contributed by atoms with E-state index in [1.165, 1.54) is 6.07 Å². The lowest BCUT2D eigenvalue weighted by Crippen LogP contribution is -2.14. The van der Waals surface area contributed by atoms with E-state index in [1.807, 2.05) is 6.92 Å². The van der Waals surface area contributed by atoms with E-state index in [0.717, 1.165) is 0 Å². The fourth-order valence-electron chi connectivity index (χ4n) is 1.26. The van der Waals surface area contributed by atoms with Crippen molar-refractivity contribution in [1.82, 2.24) is 5.32 Å². The Bertz CT molecular complexity index is 288. The molecule has 0 radical (unpaired) electrons. The van der Waals surface area contributed by atoms with Crippen LogP contribution in [0.1, 0.15) is 18.5 Å². The highest BCUT2D eigenvalue weighted by atomic mass is 19.1. The molecule has 0 aromatic heterocycles. The zero-order chi connectivity index (χ0) is 9.84. The van der Waals surface area contributed by atoms with Crippen LogP contribution in [0.5, 0.6) is 5.75 Å². The number of nitrogens with one attached hydrogen (secondary N) is 1. The molecule has 0 spiro atoms. The topological polar surface area (TPSA) is 21.3 Å². The number of rotatable bonds is 3. The first-order valence-electron chi connectivity index (χ1n) is 4.20. The summed E-state index contributed by atoms with van der Waals surface area (Å²) in [6.45, 7) is 1.89. The van der Waals surface area contributed by atoms with Crippen LogP contribution in [0.15, 0.2) is 18.2 Å². The Morgan fingerprint density at radius 2 is 2.15 bits per heavy atom. The van der Waals surface area contributed by atoms with Gasteiger partial charge in [-0.05, 0) is 26.1 Å². The minimum Gasteiger partial charge on any atom is -0.496 e. The Morgan fingerprint density at radius 3 is 2.69 bits per heavy atom. The summed E-state index contributed by atoms with van der Waals surface area (Å²) in [4.78, 5) is 0. The standard InChI is InChI=1S/C10H14FNO/c1-7(12-2)10-8(11)5-4-6-9(10)13-3/h4-7,12H,1-3H3/t7-/m0/s1. The van der Waals surface area contributed by atoms with Crippen LogP contribution in [0.25, 0.3) is 0 Å². The van der Waals surface area contributed by atoms with Crippen molar-refractivity contribution in [2.75, 3.05) is 14.2 Å². The van der Waals surface area contributed by atoms with Gasteiger partial charge in [-0.15, -0.1) is 0 Å². The highest BCUT2D eigenvalue weighted by Gasteiger charge is 2.13. The third-order valence-electron chi connectivity index (χ3n) is 2.10. The van der Waals surface area contributed by atoms with E-state index in [4.69, 9.17) is 4.74 Å². The summed E-state index contributed by atoms with van der Waals surface area (Å²) in [5, 5.41) is 2.98. The van der Waals surface area contributed by atoms with Gasteiger partial charge in [-0.2, -0.15) is 0 Å². The summed E-state index contributed by atoms with van der Waals surface area (Å²) < 4.78 is 18.4. The second-order valence-corrected chi connectivity index (χ2v) is 2.87. The number of methoxy groups -OCH3 is 1. The number of halogens is 1. The zero-order valence-electron chi connectivity index (χ0n) is 8.10. The molecule has 72 valence electrons. The summed E-state index contributed by atoms with van der Waals surface area (Å²) in [7, 11) is 3.33. The molecule has 0 heterocycles. The van der Waals surface area contributed by atoms with Crippen LogP contribution in [0.2, 0.25) is 0 Å². The number of benzene rings is 1. The van der Waals surface area contributed by atoms with Crippen LogP contribution in [-0.4, -0.2) is 14.2 Å². The molecule has 0 aliphatic rings. The molecule has 1 aromatic carbocycles. The van der Waals surface area contributed by atoms with Crippen molar-refractivity contribution < 1.29 is 9.13 Å². The third kappa shape index (κ3) is 1.98. The van der Waals surface area contributed by atoms with Gasteiger partial charge in [0.15, 0.2) is 0 Å². The van der Waals surface area contributed by atoms with Crippen LogP contribution in [-0.2, 0) is 0 Å². The van der Waals surface area contributed by atoms with Crippen molar-refractivity contribution in [1.29, 1.82) is 0 Å². The van der Waals surface area contributed by atoms with Crippen LogP contribution >= 0.6 is 0 Å². The quantitative estimate of drug-likeness (QED) is 0.775. The lowest BCUT2D eigenvalue weighted by atomic mass is 10.1. The van der Waals surface area contributed by atoms with E-state index >= 15 is 0 Å². The second-order valence-electron chi connectivity index (χ2n) is 2.87. The van der Waals surface area contributed by atoms with Gasteiger partial charge in [-0.3, -0.25) is 0 Å². The van der Waals surface area contributed by atoms with E-state index in [1.54, 1.807) is 26.3 Å². The molecule has 0 aliphatic heterocycles. The van der Waals surface area contributed by atoms with Gasteiger partial charge in [0.2, 0.25) is 0 Å². The number of hydrogen-bond acceptors (Lipinski definition) is 2. The largest absolute Gasteiger partial charge is 0.496 e. The smallest absolute Gasteiger partial charge is 0.131 e. The fourth-order valence-corrected chi connectivity index (χ4v) is 1.26. The maximum Gasteiger partial charge on any atom is 0.131 e. The van der Waals surface area contributed by atoms with Crippen molar-refractivity contribution in [3.05, 3.63) is 29.6 Å². The second kappa shape index (κ2) is 4.23. The van der Waals surface area contributed by atoms with Gasteiger partial charge in [0.1, 0.15) is 11.6 Å². The summed E-state index contributed by atoms with van der Waals surface area (Å²) in [6, 6.07) is 4.79. The van der Waals surface area contributed by atoms with Gasteiger partial charge < -0.3 is 10.1 Å². The molecule has 13 heavy (non-hydrogen) atoms. The van der Waals surface area contributed by atoms with E-state index in [0.29, 0.717) is 11.3 Å². The molecule has 0 amide bonds. The summed E-state index contributed by atoms with van der Waals surface area (Å²) in [5.74, 6) is 0.350. The molecule has 0 aliphatic carbocycles. The molecule has 1 rings (SSSR count). The highest BCUT2D eigenvalue weighted by Crippen LogP contribution is 2.26. The van der Waals surface area contributed by atoms with Gasteiger partial charge in [-0.1, -0.05) is 6.07 Å². The summed E-state index contributed by atoms with van der Waals surface area (Å²) in [5.41, 5.74) is 0.576. The van der Waals surface area contributed by atoms with Crippen molar-refractivity contribution in [3.8, 4) is 5.75 Å². The van der Waals surface area contributed by atoms with E-state index in [-0.39, 0.29) is 11.9 Å². The van der Waals surface area contributed by atoms with E-state index in [9.17, 15) is 4.39 Å². The van der Waals surface area contributed by atoms with Crippen molar-refractivity contribution in [2.24, 2.45) is 0 Å². The fraction of sp³-hybridized carbons (Fsp3) is 0.400. The summed E-state index contributed by atoms with van der Waals surface area (Å²) >= 11 is 0. The maximum absolute atomic E-state index is 13.4. The maximum atomic E-state index is 13.4. The number of ether oxygens (including phenoxy) is 1. The molecular formula is C10H14FNO. The molecule has 3 heteroatoms. The molecule has 1 N–H and O–H groups in total. The van der Waals surface area contributed by atoms with Gasteiger partial charge in [0.05, 0.1) is 7.11 Å². The average molecular weight is 183 g/mol. The minimum atomic E-state index is -0.235. The Labute approximate surface area is 77.7 Å². The molecule has 2 nitrogen and oxygen atoms in total. The predicted molar refractivity (Wildman–Crippen MR) is 50.4 cm³/mol. The highest BCUT2D eigenvalue weighted by molar-refractivity contribution is 5.36. The normalized spacial score (nSPS) is 12.6. The minimum absolute atomic E-state index is 0.0452. The molecule has 1 aromatic rings. The SMILES string of the molecule is CN[C@@H](C)c1c(F)cccc1OC. The van der Waals surface area contributed by atoms with Crippen molar-refractivity contribution in [3.63, 3.8) is 0 Å². The van der Waals surface area contributed by atoms with Gasteiger partial charge in [0.25, 0.3) is 0 Å². The van der Waals surface area contributed by atoms with Crippen LogP contribution < -0.4 is 10.1 Å². The van der Waals surface area contributed by atoms with Gasteiger partial charge in [-0.25, -0.2) is 4.39 Å². The van der Waals surface area contributed by atoms with Gasteiger partial charge >= 0.3 is 0 Å². The summed E-state index contributed by atoms with van der Waals surface area (Å²) in [6.07, 6.45) is 0. The van der Waals surface area contributed by atoms with Gasteiger partial charge in [0, 0.05) is 11.6 Å². The number of hydrogen-bond donors (Lipinski definition) is 1.